The fourth-order valence-electron chi connectivity index (χ4n) is 1.43. The number of hydrogen-bond donors (Lipinski definition) is 2. The normalized spacial score (nSPS) is 30.0. The van der Waals surface area contributed by atoms with Gasteiger partial charge in [-0.15, -0.1) is 0 Å². The lowest BCUT2D eigenvalue weighted by atomic mass is 9.81. The van der Waals surface area contributed by atoms with Crippen molar-refractivity contribution >= 4 is 0 Å². The standard InChI is InChI=1S/C8H18N2O/c1-11-3-2-10-6-7-4-8(9)5-7/h7-8,10H,2-6,9H2,1H3. The molecule has 0 aromatic rings. The predicted molar refractivity (Wildman–Crippen MR) is 45.4 cm³/mol. The number of ether oxygens (including phenoxy) is 1. The molecule has 1 aliphatic rings. The van der Waals surface area contributed by atoms with E-state index in [0.717, 1.165) is 25.6 Å². The van der Waals surface area contributed by atoms with Crippen LogP contribution in [0.5, 0.6) is 0 Å². The van der Waals surface area contributed by atoms with Gasteiger partial charge in [0.1, 0.15) is 0 Å². The van der Waals surface area contributed by atoms with Gasteiger partial charge in [-0.2, -0.15) is 0 Å². The van der Waals surface area contributed by atoms with Crippen molar-refractivity contribution in [2.75, 3.05) is 26.8 Å². The average Bonchev–Trinajstić information content (AvgIpc) is 1.94. The number of rotatable bonds is 5. The molecule has 1 rings (SSSR count). The summed E-state index contributed by atoms with van der Waals surface area (Å²) >= 11 is 0. The first-order valence-corrected chi connectivity index (χ1v) is 4.28. The molecular weight excluding hydrogens is 140 g/mol. The molecule has 0 atom stereocenters. The molecule has 0 amide bonds. The molecule has 0 aromatic carbocycles. The number of nitrogens with two attached hydrogens (primary N) is 1. The highest BCUT2D eigenvalue weighted by Crippen LogP contribution is 2.24. The van der Waals surface area contributed by atoms with E-state index in [1.807, 2.05) is 0 Å². The zero-order valence-corrected chi connectivity index (χ0v) is 7.18. The molecule has 0 saturated heterocycles. The molecule has 1 fully saturated rings. The van der Waals surface area contributed by atoms with Crippen LogP contribution in [0.3, 0.4) is 0 Å². The minimum absolute atomic E-state index is 0.476. The van der Waals surface area contributed by atoms with E-state index in [1.54, 1.807) is 7.11 Å². The lowest BCUT2D eigenvalue weighted by molar-refractivity contribution is 0.190. The number of hydrogen-bond acceptors (Lipinski definition) is 3. The summed E-state index contributed by atoms with van der Waals surface area (Å²) in [5, 5.41) is 3.33. The van der Waals surface area contributed by atoms with Crippen molar-refractivity contribution in [2.45, 2.75) is 18.9 Å². The maximum absolute atomic E-state index is 5.65. The van der Waals surface area contributed by atoms with Crippen LogP contribution in [-0.2, 0) is 4.74 Å². The quantitative estimate of drug-likeness (QED) is 0.552. The third-order valence-electron chi connectivity index (χ3n) is 2.19. The Morgan fingerprint density at radius 1 is 1.55 bits per heavy atom. The summed E-state index contributed by atoms with van der Waals surface area (Å²) in [6.07, 6.45) is 2.39. The van der Waals surface area contributed by atoms with Gasteiger partial charge in [-0.05, 0) is 25.3 Å². The molecule has 3 heteroatoms. The topological polar surface area (TPSA) is 47.3 Å². The Morgan fingerprint density at radius 2 is 2.27 bits per heavy atom. The van der Waals surface area contributed by atoms with E-state index in [2.05, 4.69) is 5.32 Å². The molecule has 3 nitrogen and oxygen atoms in total. The molecule has 0 unspecified atom stereocenters. The fraction of sp³-hybridized carbons (Fsp3) is 1.00. The Bertz CT molecular complexity index is 102. The summed E-state index contributed by atoms with van der Waals surface area (Å²) in [5.41, 5.74) is 5.65. The van der Waals surface area contributed by atoms with Crippen LogP contribution in [0.25, 0.3) is 0 Å². The summed E-state index contributed by atoms with van der Waals surface area (Å²) in [5.74, 6) is 0.821. The third-order valence-corrected chi connectivity index (χ3v) is 2.19. The molecule has 1 saturated carbocycles. The maximum atomic E-state index is 5.65. The van der Waals surface area contributed by atoms with Crippen LogP contribution in [0.2, 0.25) is 0 Å². The highest BCUT2D eigenvalue weighted by Gasteiger charge is 2.24. The Labute approximate surface area is 68.3 Å². The second kappa shape index (κ2) is 4.70. The molecule has 0 bridgehead atoms. The van der Waals surface area contributed by atoms with E-state index >= 15 is 0 Å². The molecule has 0 aromatic heterocycles. The Hall–Kier alpha value is -0.120. The Kier molecular flexibility index (Phi) is 3.83. The summed E-state index contributed by atoms with van der Waals surface area (Å²) in [6, 6.07) is 0.476. The van der Waals surface area contributed by atoms with Crippen LogP contribution in [0.4, 0.5) is 0 Å². The Balaban J connectivity index is 1.81. The minimum atomic E-state index is 0.476. The minimum Gasteiger partial charge on any atom is -0.383 e. The summed E-state index contributed by atoms with van der Waals surface area (Å²) < 4.78 is 4.91. The zero-order chi connectivity index (χ0) is 8.10. The number of methoxy groups -OCH3 is 1. The van der Waals surface area contributed by atoms with Crippen LogP contribution < -0.4 is 11.1 Å². The van der Waals surface area contributed by atoms with E-state index in [1.165, 1.54) is 12.8 Å². The van der Waals surface area contributed by atoms with E-state index in [4.69, 9.17) is 10.5 Å². The first-order valence-electron chi connectivity index (χ1n) is 4.28. The van der Waals surface area contributed by atoms with Gasteiger partial charge < -0.3 is 15.8 Å². The largest absolute Gasteiger partial charge is 0.383 e. The van der Waals surface area contributed by atoms with E-state index < -0.39 is 0 Å². The maximum Gasteiger partial charge on any atom is 0.0587 e. The predicted octanol–water partition coefficient (Wildman–Crippen LogP) is -0.0403. The van der Waals surface area contributed by atoms with Crippen molar-refractivity contribution in [3.63, 3.8) is 0 Å². The van der Waals surface area contributed by atoms with E-state index in [-0.39, 0.29) is 0 Å². The van der Waals surface area contributed by atoms with Gasteiger partial charge in [0.2, 0.25) is 0 Å². The zero-order valence-electron chi connectivity index (χ0n) is 7.18. The summed E-state index contributed by atoms with van der Waals surface area (Å²) in [4.78, 5) is 0. The second-order valence-electron chi connectivity index (χ2n) is 3.29. The molecule has 0 aliphatic heterocycles. The molecule has 66 valence electrons. The molecule has 11 heavy (non-hydrogen) atoms. The van der Waals surface area contributed by atoms with Crippen molar-refractivity contribution in [3.05, 3.63) is 0 Å². The van der Waals surface area contributed by atoms with Gasteiger partial charge in [-0.1, -0.05) is 0 Å². The van der Waals surface area contributed by atoms with Crippen LogP contribution >= 0.6 is 0 Å². The van der Waals surface area contributed by atoms with E-state index in [9.17, 15) is 0 Å². The van der Waals surface area contributed by atoms with Gasteiger partial charge in [0.05, 0.1) is 6.61 Å². The van der Waals surface area contributed by atoms with Gasteiger partial charge in [0.15, 0.2) is 0 Å². The highest BCUT2D eigenvalue weighted by molar-refractivity contribution is 4.83. The lowest BCUT2D eigenvalue weighted by Crippen LogP contribution is -2.41. The second-order valence-corrected chi connectivity index (χ2v) is 3.29. The van der Waals surface area contributed by atoms with E-state index in [0.29, 0.717) is 6.04 Å². The highest BCUT2D eigenvalue weighted by atomic mass is 16.5. The first-order chi connectivity index (χ1) is 5.33. The lowest BCUT2D eigenvalue weighted by Gasteiger charge is -2.32. The first kappa shape index (κ1) is 8.97. The summed E-state index contributed by atoms with van der Waals surface area (Å²) in [7, 11) is 1.72. The van der Waals surface area contributed by atoms with Crippen LogP contribution in [0.15, 0.2) is 0 Å². The van der Waals surface area contributed by atoms with Gasteiger partial charge in [-0.3, -0.25) is 0 Å². The molecule has 0 spiro atoms. The van der Waals surface area contributed by atoms with Gasteiger partial charge in [0, 0.05) is 19.7 Å². The van der Waals surface area contributed by atoms with Crippen molar-refractivity contribution in [1.82, 2.24) is 5.32 Å². The average molecular weight is 158 g/mol. The monoisotopic (exact) mass is 158 g/mol. The summed E-state index contributed by atoms with van der Waals surface area (Å²) in [6.45, 7) is 2.87. The molecule has 3 N–H and O–H groups in total. The molecule has 0 radical (unpaired) electrons. The van der Waals surface area contributed by atoms with Crippen LogP contribution in [0.1, 0.15) is 12.8 Å². The van der Waals surface area contributed by atoms with Crippen LogP contribution in [0, 0.1) is 5.92 Å². The fourth-order valence-corrected chi connectivity index (χ4v) is 1.43. The van der Waals surface area contributed by atoms with Gasteiger partial charge >= 0.3 is 0 Å². The van der Waals surface area contributed by atoms with Crippen molar-refractivity contribution < 1.29 is 4.74 Å². The smallest absolute Gasteiger partial charge is 0.0587 e. The van der Waals surface area contributed by atoms with Crippen molar-refractivity contribution in [2.24, 2.45) is 11.7 Å². The Morgan fingerprint density at radius 3 is 2.82 bits per heavy atom. The molecule has 1 aliphatic carbocycles. The molecule has 0 heterocycles. The van der Waals surface area contributed by atoms with Gasteiger partial charge in [0.25, 0.3) is 0 Å². The number of nitrogens with one attached hydrogen (secondary N) is 1. The molecular formula is C8H18N2O. The van der Waals surface area contributed by atoms with Crippen LogP contribution in [-0.4, -0.2) is 32.8 Å². The van der Waals surface area contributed by atoms with Crippen molar-refractivity contribution in [1.29, 1.82) is 0 Å². The van der Waals surface area contributed by atoms with Crippen molar-refractivity contribution in [3.8, 4) is 0 Å². The SMILES string of the molecule is COCCNCC1CC(N)C1. The third kappa shape index (κ3) is 3.18. The van der Waals surface area contributed by atoms with Gasteiger partial charge in [-0.25, -0.2) is 0 Å².